The third-order valence-corrected chi connectivity index (χ3v) is 5.39. The molecule has 0 saturated heterocycles. The summed E-state index contributed by atoms with van der Waals surface area (Å²) in [6.07, 6.45) is 1.86. The van der Waals surface area contributed by atoms with Crippen molar-refractivity contribution in [3.05, 3.63) is 91.5 Å². The Morgan fingerprint density at radius 1 is 1.11 bits per heavy atom. The highest BCUT2D eigenvalue weighted by atomic mass is 127. The summed E-state index contributed by atoms with van der Waals surface area (Å²) in [7, 11) is 1.62. The van der Waals surface area contributed by atoms with E-state index in [9.17, 15) is 5.26 Å². The summed E-state index contributed by atoms with van der Waals surface area (Å²) in [5.74, 6) is 1.34. The normalized spacial score (nSPS) is 11.0. The van der Waals surface area contributed by atoms with Crippen molar-refractivity contribution in [2.75, 3.05) is 7.11 Å². The van der Waals surface area contributed by atoms with Crippen LogP contribution in [0.5, 0.6) is 11.5 Å². The largest absolute Gasteiger partial charge is 0.493 e. The summed E-state index contributed by atoms with van der Waals surface area (Å²) in [5, 5.41) is 9.54. The summed E-state index contributed by atoms with van der Waals surface area (Å²) in [6.45, 7) is 0.447. The van der Waals surface area contributed by atoms with Crippen molar-refractivity contribution in [2.24, 2.45) is 0 Å². The van der Waals surface area contributed by atoms with E-state index >= 15 is 0 Å². The third-order valence-electron chi connectivity index (χ3n) is 4.06. The second-order valence-electron chi connectivity index (χ2n) is 5.99. The van der Waals surface area contributed by atoms with Crippen molar-refractivity contribution in [3.8, 4) is 17.6 Å². The van der Waals surface area contributed by atoms with E-state index in [-0.39, 0.29) is 0 Å². The van der Waals surface area contributed by atoms with Crippen molar-refractivity contribution < 1.29 is 9.47 Å². The second kappa shape index (κ2) is 9.76. The summed E-state index contributed by atoms with van der Waals surface area (Å²) in [4.78, 5) is 0. The Labute approximate surface area is 186 Å². The molecule has 0 unspecified atom stereocenters. The van der Waals surface area contributed by atoms with Gasteiger partial charge in [0.2, 0.25) is 0 Å². The van der Waals surface area contributed by atoms with Gasteiger partial charge in [-0.1, -0.05) is 58.4 Å². The SMILES string of the molecule is COc1cc(/C=C(/C#N)c2ccccc2)cc(I)c1OCc1ccc(Br)cc1. The first kappa shape index (κ1) is 20.4. The predicted octanol–water partition coefficient (Wildman–Crippen LogP) is 6.71. The van der Waals surface area contributed by atoms with Gasteiger partial charge in [-0.25, -0.2) is 0 Å². The van der Waals surface area contributed by atoms with Crippen LogP contribution < -0.4 is 9.47 Å². The number of nitriles is 1. The molecule has 0 amide bonds. The molecule has 3 rings (SSSR count). The van der Waals surface area contributed by atoms with Crippen molar-refractivity contribution in [3.63, 3.8) is 0 Å². The maximum absolute atomic E-state index is 9.54. The van der Waals surface area contributed by atoms with Crippen LogP contribution in [-0.4, -0.2) is 7.11 Å². The monoisotopic (exact) mass is 545 g/mol. The van der Waals surface area contributed by atoms with Gasteiger partial charge in [0.25, 0.3) is 0 Å². The second-order valence-corrected chi connectivity index (χ2v) is 8.06. The van der Waals surface area contributed by atoms with Gasteiger partial charge in [-0.2, -0.15) is 5.26 Å². The van der Waals surface area contributed by atoms with Crippen LogP contribution in [0.3, 0.4) is 0 Å². The first-order chi connectivity index (χ1) is 13.6. The molecule has 3 aromatic carbocycles. The van der Waals surface area contributed by atoms with Gasteiger partial charge in [0.05, 0.1) is 22.3 Å². The molecule has 0 aromatic heterocycles. The van der Waals surface area contributed by atoms with E-state index in [2.05, 4.69) is 44.6 Å². The van der Waals surface area contributed by atoms with E-state index in [4.69, 9.17) is 9.47 Å². The fourth-order valence-electron chi connectivity index (χ4n) is 2.66. The molecule has 0 saturated carbocycles. The predicted molar refractivity (Wildman–Crippen MR) is 124 cm³/mol. The van der Waals surface area contributed by atoms with Crippen LogP contribution in [-0.2, 0) is 6.61 Å². The molecule has 0 aliphatic carbocycles. The van der Waals surface area contributed by atoms with Crippen molar-refractivity contribution in [2.45, 2.75) is 6.61 Å². The zero-order valence-electron chi connectivity index (χ0n) is 15.2. The highest BCUT2D eigenvalue weighted by molar-refractivity contribution is 14.1. The van der Waals surface area contributed by atoms with Gasteiger partial charge in [-0.15, -0.1) is 0 Å². The molecular formula is C23H17BrINO2. The fourth-order valence-corrected chi connectivity index (χ4v) is 3.71. The number of allylic oxidation sites excluding steroid dienone is 1. The lowest BCUT2D eigenvalue weighted by molar-refractivity contribution is 0.282. The molecule has 3 aromatic rings. The molecule has 0 N–H and O–H groups in total. The summed E-state index contributed by atoms with van der Waals surface area (Å²) >= 11 is 5.67. The molecule has 0 aliphatic heterocycles. The molecule has 140 valence electrons. The minimum atomic E-state index is 0.447. The number of nitrogens with zero attached hydrogens (tertiary/aromatic N) is 1. The number of methoxy groups -OCH3 is 1. The highest BCUT2D eigenvalue weighted by Crippen LogP contribution is 2.35. The smallest absolute Gasteiger partial charge is 0.174 e. The highest BCUT2D eigenvalue weighted by Gasteiger charge is 2.12. The first-order valence-electron chi connectivity index (χ1n) is 8.52. The molecule has 0 atom stereocenters. The molecule has 0 fully saturated rings. The molecule has 5 heteroatoms. The van der Waals surface area contributed by atoms with E-state index < -0.39 is 0 Å². The fraction of sp³-hybridized carbons (Fsp3) is 0.0870. The maximum Gasteiger partial charge on any atom is 0.174 e. The van der Waals surface area contributed by atoms with Crippen LogP contribution in [0.4, 0.5) is 0 Å². The molecular weight excluding hydrogens is 529 g/mol. The van der Waals surface area contributed by atoms with Crippen LogP contribution in [0.1, 0.15) is 16.7 Å². The van der Waals surface area contributed by atoms with Gasteiger partial charge in [-0.3, -0.25) is 0 Å². The first-order valence-corrected chi connectivity index (χ1v) is 10.4. The van der Waals surface area contributed by atoms with E-state index in [0.717, 1.165) is 24.7 Å². The number of hydrogen-bond donors (Lipinski definition) is 0. The van der Waals surface area contributed by atoms with Crippen LogP contribution in [0.15, 0.2) is 71.2 Å². The third kappa shape index (κ3) is 5.15. The van der Waals surface area contributed by atoms with Gasteiger partial charge >= 0.3 is 0 Å². The molecule has 0 aliphatic rings. The van der Waals surface area contributed by atoms with Gasteiger partial charge < -0.3 is 9.47 Å². The number of benzene rings is 3. The van der Waals surface area contributed by atoms with Crippen LogP contribution in [0, 0.1) is 14.9 Å². The Balaban J connectivity index is 1.88. The Bertz CT molecular complexity index is 1020. The Morgan fingerprint density at radius 3 is 2.46 bits per heavy atom. The molecule has 0 spiro atoms. The summed E-state index contributed by atoms with van der Waals surface area (Å²) in [5.41, 5.74) is 3.44. The van der Waals surface area contributed by atoms with Gasteiger partial charge in [0, 0.05) is 4.47 Å². The van der Waals surface area contributed by atoms with Gasteiger partial charge in [0.15, 0.2) is 11.5 Å². The number of hydrogen-bond acceptors (Lipinski definition) is 3. The minimum Gasteiger partial charge on any atom is -0.493 e. The van der Waals surface area contributed by atoms with Crippen LogP contribution >= 0.6 is 38.5 Å². The molecule has 28 heavy (non-hydrogen) atoms. The van der Waals surface area contributed by atoms with Crippen molar-refractivity contribution in [1.29, 1.82) is 5.26 Å². The Hall–Kier alpha value is -2.30. The summed E-state index contributed by atoms with van der Waals surface area (Å²) in [6, 6.07) is 23.8. The standard InChI is InChI=1S/C23H17BrINO2/c1-27-22-13-17(11-19(14-26)18-5-3-2-4-6-18)12-21(25)23(22)28-15-16-7-9-20(24)10-8-16/h2-13H,15H2,1H3/b19-11-. The topological polar surface area (TPSA) is 42.2 Å². The van der Waals surface area contributed by atoms with E-state index in [1.54, 1.807) is 7.11 Å². The Kier molecular flexibility index (Phi) is 7.12. The van der Waals surface area contributed by atoms with Crippen LogP contribution in [0.25, 0.3) is 11.6 Å². The molecule has 0 heterocycles. The lowest BCUT2D eigenvalue weighted by Crippen LogP contribution is -2.00. The average molecular weight is 546 g/mol. The zero-order chi connectivity index (χ0) is 19.9. The van der Waals surface area contributed by atoms with Crippen molar-refractivity contribution >= 4 is 50.2 Å². The lowest BCUT2D eigenvalue weighted by Gasteiger charge is -2.14. The summed E-state index contributed by atoms with van der Waals surface area (Å²) < 4.78 is 13.5. The molecule has 0 radical (unpaired) electrons. The van der Waals surface area contributed by atoms with Gasteiger partial charge in [-0.05, 0) is 69.6 Å². The quantitative estimate of drug-likeness (QED) is 0.196. The molecule has 3 nitrogen and oxygen atoms in total. The van der Waals surface area contributed by atoms with Crippen LogP contribution in [0.2, 0.25) is 0 Å². The minimum absolute atomic E-state index is 0.447. The van der Waals surface area contributed by atoms with E-state index in [0.29, 0.717) is 23.7 Å². The zero-order valence-corrected chi connectivity index (χ0v) is 18.9. The van der Waals surface area contributed by atoms with Gasteiger partial charge in [0.1, 0.15) is 6.61 Å². The number of ether oxygens (including phenoxy) is 2. The Morgan fingerprint density at radius 2 is 1.82 bits per heavy atom. The van der Waals surface area contributed by atoms with Crippen molar-refractivity contribution in [1.82, 2.24) is 0 Å². The maximum atomic E-state index is 9.54. The average Bonchev–Trinajstić information content (AvgIpc) is 2.72. The number of halogens is 2. The van der Waals surface area contributed by atoms with E-state index in [1.807, 2.05) is 72.8 Å². The van der Waals surface area contributed by atoms with E-state index in [1.165, 1.54) is 0 Å². The number of rotatable bonds is 6. The lowest BCUT2D eigenvalue weighted by atomic mass is 10.0. The molecule has 0 bridgehead atoms.